The quantitative estimate of drug-likeness (QED) is 0.266. The van der Waals surface area contributed by atoms with Gasteiger partial charge in [0, 0.05) is 0 Å². The molecular weight excluding hydrogens is 643 g/mol. The van der Waals surface area contributed by atoms with E-state index in [1.54, 1.807) is 12.1 Å². The van der Waals surface area contributed by atoms with E-state index in [0.717, 1.165) is 19.3 Å². The predicted molar refractivity (Wildman–Crippen MR) is 175 cm³/mol. The summed E-state index contributed by atoms with van der Waals surface area (Å²) in [6.45, 7) is 14.1. The minimum absolute atomic E-state index is 0. The Balaban J connectivity index is 0.00000212. The normalized spacial score (nSPS) is 13.8. The Bertz CT molecular complexity index is 1700. The van der Waals surface area contributed by atoms with Crippen LogP contribution < -0.4 is 28.1 Å². The van der Waals surface area contributed by atoms with Crippen LogP contribution >= 0.6 is 0 Å². The number of halogens is 2. The Morgan fingerprint density at radius 2 is 1.33 bits per heavy atom. The third kappa shape index (κ3) is 7.17. The van der Waals surface area contributed by atoms with Gasteiger partial charge in [-0.25, -0.2) is 0 Å². The van der Waals surface area contributed by atoms with E-state index < -0.39 is 21.3 Å². The molecule has 0 spiro atoms. The molecule has 3 heteroatoms. The molecule has 0 aromatic heterocycles. The first kappa shape index (κ1) is 33.6. The topological polar surface area (TPSA) is 0 Å². The van der Waals surface area contributed by atoms with E-state index in [1.807, 2.05) is 0 Å². The summed E-state index contributed by atoms with van der Waals surface area (Å²) in [6, 6.07) is 34.4. The van der Waals surface area contributed by atoms with Crippen LogP contribution in [-0.4, -0.2) is 3.71 Å². The maximum Gasteiger partial charge on any atom is -1.00 e. The van der Waals surface area contributed by atoms with Crippen LogP contribution in [0.3, 0.4) is 0 Å². The Kier molecular flexibility index (Phi) is 10.4. The molecule has 0 radical (unpaired) electrons. The maximum absolute atomic E-state index is 2.77. The van der Waals surface area contributed by atoms with Gasteiger partial charge < -0.3 is 24.8 Å². The monoisotopic (exact) mass is 682 g/mol. The van der Waals surface area contributed by atoms with Crippen molar-refractivity contribution in [1.82, 2.24) is 0 Å². The van der Waals surface area contributed by atoms with E-state index >= 15 is 0 Å². The largest absolute Gasteiger partial charge is 1.00 e. The molecule has 0 aliphatic heterocycles. The third-order valence-corrected chi connectivity index (χ3v) is 15.3. The van der Waals surface area contributed by atoms with Crippen molar-refractivity contribution >= 4 is 12.6 Å². The molecule has 0 amide bonds. The van der Waals surface area contributed by atoms with Crippen molar-refractivity contribution in [3.63, 3.8) is 0 Å². The van der Waals surface area contributed by atoms with Gasteiger partial charge in [0.1, 0.15) is 0 Å². The van der Waals surface area contributed by atoms with Crippen molar-refractivity contribution in [3.8, 4) is 11.1 Å². The molecule has 220 valence electrons. The molecular formula is C40H42Cl2Zr. The first-order chi connectivity index (χ1) is 19.6. The van der Waals surface area contributed by atoms with Crippen LogP contribution in [0.5, 0.6) is 0 Å². The minimum Gasteiger partial charge on any atom is -1.00 e. The Morgan fingerprint density at radius 1 is 0.698 bits per heavy atom. The van der Waals surface area contributed by atoms with Gasteiger partial charge in [-0.2, -0.15) is 0 Å². The van der Waals surface area contributed by atoms with Crippen molar-refractivity contribution < 1.29 is 46.1 Å². The van der Waals surface area contributed by atoms with Crippen LogP contribution in [0, 0.1) is 0 Å². The Labute approximate surface area is 279 Å². The maximum atomic E-state index is 2.77. The second-order valence-corrected chi connectivity index (χ2v) is 19.7. The van der Waals surface area contributed by atoms with Gasteiger partial charge >= 0.3 is 256 Å². The van der Waals surface area contributed by atoms with Gasteiger partial charge in [-0.15, -0.1) is 0 Å². The molecule has 0 saturated heterocycles. The van der Waals surface area contributed by atoms with Gasteiger partial charge in [-0.3, -0.25) is 0 Å². The molecule has 2 aliphatic rings. The molecule has 0 nitrogen and oxygen atoms in total. The fourth-order valence-electron chi connectivity index (χ4n) is 6.21. The number of hydrogen-bond acceptors (Lipinski definition) is 0. The number of hydrogen-bond donors (Lipinski definition) is 0. The van der Waals surface area contributed by atoms with Crippen LogP contribution in [0.1, 0.15) is 81.3 Å². The van der Waals surface area contributed by atoms with Gasteiger partial charge in [0.15, 0.2) is 0 Å². The summed E-state index contributed by atoms with van der Waals surface area (Å²) < 4.78 is 6.16. The summed E-state index contributed by atoms with van der Waals surface area (Å²) in [7, 11) is 0. The van der Waals surface area contributed by atoms with Gasteiger partial charge in [0.05, 0.1) is 0 Å². The van der Waals surface area contributed by atoms with Gasteiger partial charge in [-0.1, -0.05) is 0 Å². The van der Waals surface area contributed by atoms with Crippen LogP contribution in [-0.2, 0) is 44.9 Å². The van der Waals surface area contributed by atoms with Gasteiger partial charge in [0.25, 0.3) is 0 Å². The standard InChI is InChI=1S/C21H25.C11H9.C8H8.2ClH.Zr/c1-20(2,3)16-9-7-14-11-15-8-10-17(21(4,5)6)13-19(15)18(14)12-16;1-2-6-10(7-3-1)11-8-4-5-9-11;1-2-8-6-4-3-5-7-8;;;/h7,9-10,12-13H,11H2,1-6H3;1-3,6-9H,4H2;1,3-7H,2H2;2*1H;/q;;;;;+2/p-2. The van der Waals surface area contributed by atoms with Gasteiger partial charge in [-0.05, 0) is 0 Å². The summed E-state index contributed by atoms with van der Waals surface area (Å²) >= 11 is -2.40. The Hall–Kier alpha value is -2.31. The second kappa shape index (κ2) is 13.4. The fraction of sp³-hybridized carbons (Fsp3) is 0.275. The molecule has 0 unspecified atom stereocenters. The van der Waals surface area contributed by atoms with Crippen molar-refractivity contribution in [2.45, 2.75) is 71.6 Å². The van der Waals surface area contributed by atoms with E-state index in [1.165, 1.54) is 44.5 Å². The molecule has 2 aliphatic carbocycles. The van der Waals surface area contributed by atoms with E-state index in [2.05, 4.69) is 148 Å². The number of allylic oxidation sites excluding steroid dienone is 4. The van der Waals surface area contributed by atoms with Crippen LogP contribution in [0.2, 0.25) is 0 Å². The summed E-state index contributed by atoms with van der Waals surface area (Å²) in [5.74, 6) is 0. The molecule has 4 aromatic rings. The van der Waals surface area contributed by atoms with Crippen molar-refractivity contribution in [1.29, 1.82) is 0 Å². The summed E-state index contributed by atoms with van der Waals surface area (Å²) in [5, 5.41) is 0. The van der Waals surface area contributed by atoms with Gasteiger partial charge in [0.2, 0.25) is 0 Å². The summed E-state index contributed by atoms with van der Waals surface area (Å²) in [4.78, 5) is 0. The molecule has 0 N–H and O–H groups in total. The second-order valence-electron chi connectivity index (χ2n) is 13.8. The zero-order valence-corrected chi connectivity index (χ0v) is 30.2. The summed E-state index contributed by atoms with van der Waals surface area (Å²) in [6.07, 6.45) is 8.22. The Morgan fingerprint density at radius 3 is 1.98 bits per heavy atom. The van der Waals surface area contributed by atoms with Crippen LogP contribution in [0.25, 0.3) is 16.7 Å². The van der Waals surface area contributed by atoms with Crippen LogP contribution in [0.4, 0.5) is 0 Å². The van der Waals surface area contributed by atoms with Crippen molar-refractivity contribution in [3.05, 3.63) is 140 Å². The number of benzene rings is 4. The molecule has 0 atom stereocenters. The number of fused-ring (bicyclic) bond motifs is 3. The van der Waals surface area contributed by atoms with Crippen LogP contribution in [0.15, 0.2) is 106 Å². The first-order valence-corrected chi connectivity index (χ1v) is 19.0. The number of rotatable bonds is 5. The van der Waals surface area contributed by atoms with Crippen molar-refractivity contribution in [2.75, 3.05) is 0 Å². The fourth-order valence-corrected chi connectivity index (χ4v) is 13.0. The SMILES string of the molecule is CC(C)(C)c1ccc2c(c1)-c1cc(C(C)(C)C)c[c]([Zr+2](=[CH]Cc3ccccc3)[C]3=CC(c4ccccc4)=CC3)c1C2.[Cl-].[Cl-]. The van der Waals surface area contributed by atoms with E-state index in [9.17, 15) is 0 Å². The zero-order valence-electron chi connectivity index (χ0n) is 26.3. The molecule has 43 heavy (non-hydrogen) atoms. The average molecular weight is 685 g/mol. The smallest absolute Gasteiger partial charge is 1.00 e. The zero-order chi connectivity index (χ0) is 28.8. The van der Waals surface area contributed by atoms with E-state index in [0.29, 0.717) is 0 Å². The first-order valence-electron chi connectivity index (χ1n) is 15.1. The molecule has 0 heterocycles. The molecule has 6 rings (SSSR count). The molecule has 4 aromatic carbocycles. The van der Waals surface area contributed by atoms with E-state index in [-0.39, 0.29) is 35.6 Å². The summed E-state index contributed by atoms with van der Waals surface area (Å²) in [5.41, 5.74) is 13.3. The van der Waals surface area contributed by atoms with Crippen molar-refractivity contribution in [2.24, 2.45) is 0 Å². The minimum atomic E-state index is -2.40. The van der Waals surface area contributed by atoms with E-state index in [4.69, 9.17) is 0 Å². The third-order valence-electron chi connectivity index (χ3n) is 8.75. The molecule has 0 bridgehead atoms. The average Bonchev–Trinajstić information content (AvgIpc) is 3.58. The predicted octanol–water partition coefficient (Wildman–Crippen LogP) is 3.52. The molecule has 0 fully saturated rings. The molecule has 0 saturated carbocycles.